The van der Waals surface area contributed by atoms with E-state index in [4.69, 9.17) is 4.74 Å². The summed E-state index contributed by atoms with van der Waals surface area (Å²) in [6, 6.07) is 0. The summed E-state index contributed by atoms with van der Waals surface area (Å²) in [5.74, 6) is 1.02. The Bertz CT molecular complexity index is 376. The van der Waals surface area contributed by atoms with Crippen LogP contribution in [0.1, 0.15) is 0 Å². The first-order valence-electron chi connectivity index (χ1n) is 3.71. The summed E-state index contributed by atoms with van der Waals surface area (Å²) < 4.78 is 5.06. The molecular formula is C6H9N5O2. The highest BCUT2D eigenvalue weighted by Crippen LogP contribution is 2.26. The van der Waals surface area contributed by atoms with E-state index in [0.29, 0.717) is 11.6 Å². The Morgan fingerprint density at radius 1 is 1.62 bits per heavy atom. The van der Waals surface area contributed by atoms with Crippen molar-refractivity contribution in [3.8, 4) is 0 Å². The molecule has 7 nitrogen and oxygen atoms in total. The van der Waals surface area contributed by atoms with Gasteiger partial charge in [0.2, 0.25) is 6.35 Å². The zero-order chi connectivity index (χ0) is 9.42. The van der Waals surface area contributed by atoms with Crippen LogP contribution in [0.2, 0.25) is 0 Å². The Balaban J connectivity index is 2.43. The molecule has 1 unspecified atom stereocenters. The van der Waals surface area contributed by atoms with Crippen LogP contribution in [0.5, 0.6) is 0 Å². The Morgan fingerprint density at radius 3 is 3.08 bits per heavy atom. The molecule has 0 saturated carbocycles. The number of hydrogen-bond acceptors (Lipinski definition) is 6. The molecule has 2 N–H and O–H groups in total. The number of ether oxygens (including phenoxy) is 1. The predicted octanol–water partition coefficient (Wildman–Crippen LogP) is -1.04. The molecule has 1 atom stereocenters. The SMILES string of the molecule is COC1Nc2nc(=O)[nH]nc2N1C. The lowest BCUT2D eigenvalue weighted by atomic mass is 10.6. The highest BCUT2D eigenvalue weighted by Gasteiger charge is 2.28. The van der Waals surface area contributed by atoms with Crippen LogP contribution in [0.15, 0.2) is 4.79 Å². The summed E-state index contributed by atoms with van der Waals surface area (Å²) >= 11 is 0. The highest BCUT2D eigenvalue weighted by molar-refractivity contribution is 5.65. The van der Waals surface area contributed by atoms with E-state index in [1.807, 2.05) is 0 Å². The number of aromatic nitrogens is 3. The molecular weight excluding hydrogens is 174 g/mol. The average molecular weight is 183 g/mol. The molecule has 0 aliphatic carbocycles. The summed E-state index contributed by atoms with van der Waals surface area (Å²) in [6.07, 6.45) is -0.315. The van der Waals surface area contributed by atoms with Gasteiger partial charge in [-0.1, -0.05) is 0 Å². The fourth-order valence-electron chi connectivity index (χ4n) is 1.21. The lowest BCUT2D eigenvalue weighted by Crippen LogP contribution is -2.34. The number of anilines is 2. The fraction of sp³-hybridized carbons (Fsp3) is 0.500. The number of hydrogen-bond donors (Lipinski definition) is 2. The molecule has 1 aliphatic rings. The molecule has 7 heteroatoms. The van der Waals surface area contributed by atoms with Gasteiger partial charge in [0.15, 0.2) is 11.6 Å². The van der Waals surface area contributed by atoms with Gasteiger partial charge in [0.25, 0.3) is 0 Å². The minimum Gasteiger partial charge on any atom is -0.344 e. The molecule has 0 saturated heterocycles. The molecule has 0 amide bonds. The predicted molar refractivity (Wildman–Crippen MR) is 45.5 cm³/mol. The van der Waals surface area contributed by atoms with Crippen LogP contribution in [0.25, 0.3) is 0 Å². The summed E-state index contributed by atoms with van der Waals surface area (Å²) in [4.78, 5) is 16.2. The largest absolute Gasteiger partial charge is 0.363 e. The molecule has 1 aliphatic heterocycles. The fourth-order valence-corrected chi connectivity index (χ4v) is 1.21. The smallest absolute Gasteiger partial charge is 0.344 e. The molecule has 1 aromatic rings. The summed E-state index contributed by atoms with van der Waals surface area (Å²) in [5.41, 5.74) is -0.476. The van der Waals surface area contributed by atoms with E-state index >= 15 is 0 Å². The maximum Gasteiger partial charge on any atom is 0.363 e. The van der Waals surface area contributed by atoms with Gasteiger partial charge in [-0.2, -0.15) is 4.98 Å². The van der Waals surface area contributed by atoms with E-state index in [9.17, 15) is 4.79 Å². The lowest BCUT2D eigenvalue weighted by molar-refractivity contribution is 0.130. The van der Waals surface area contributed by atoms with Crippen LogP contribution >= 0.6 is 0 Å². The van der Waals surface area contributed by atoms with Gasteiger partial charge in [-0.3, -0.25) is 0 Å². The first-order chi connectivity index (χ1) is 6.22. The topological polar surface area (TPSA) is 83.1 Å². The van der Waals surface area contributed by atoms with Crippen molar-refractivity contribution < 1.29 is 4.74 Å². The molecule has 70 valence electrons. The highest BCUT2D eigenvalue weighted by atomic mass is 16.5. The van der Waals surface area contributed by atoms with E-state index < -0.39 is 5.69 Å². The van der Waals surface area contributed by atoms with Crippen molar-refractivity contribution in [2.45, 2.75) is 6.35 Å². The summed E-state index contributed by atoms with van der Waals surface area (Å²) in [6.45, 7) is 0. The van der Waals surface area contributed by atoms with Crippen molar-refractivity contribution in [3.63, 3.8) is 0 Å². The van der Waals surface area contributed by atoms with Gasteiger partial charge in [0, 0.05) is 14.2 Å². The van der Waals surface area contributed by atoms with E-state index in [0.717, 1.165) is 0 Å². The zero-order valence-corrected chi connectivity index (χ0v) is 7.24. The molecule has 0 radical (unpaired) electrons. The molecule has 0 spiro atoms. The van der Waals surface area contributed by atoms with E-state index in [1.165, 1.54) is 0 Å². The minimum absolute atomic E-state index is 0.315. The summed E-state index contributed by atoms with van der Waals surface area (Å²) in [7, 11) is 3.35. The third-order valence-corrected chi connectivity index (χ3v) is 1.85. The van der Waals surface area contributed by atoms with E-state index in [-0.39, 0.29) is 6.35 Å². The van der Waals surface area contributed by atoms with Gasteiger partial charge >= 0.3 is 5.69 Å². The average Bonchev–Trinajstić information content (AvgIpc) is 2.42. The van der Waals surface area contributed by atoms with Crippen molar-refractivity contribution in [2.75, 3.05) is 24.4 Å². The Morgan fingerprint density at radius 2 is 2.38 bits per heavy atom. The number of methoxy groups -OCH3 is 1. The van der Waals surface area contributed by atoms with Crippen molar-refractivity contribution in [2.24, 2.45) is 0 Å². The minimum atomic E-state index is -0.476. The van der Waals surface area contributed by atoms with Gasteiger partial charge < -0.3 is 15.0 Å². The Kier molecular flexibility index (Phi) is 1.66. The van der Waals surface area contributed by atoms with Crippen molar-refractivity contribution >= 4 is 11.6 Å². The second-order valence-electron chi connectivity index (χ2n) is 2.66. The van der Waals surface area contributed by atoms with Gasteiger partial charge in [-0.15, -0.1) is 5.10 Å². The molecule has 0 aromatic carbocycles. The van der Waals surface area contributed by atoms with Gasteiger partial charge in [0.1, 0.15) is 0 Å². The second kappa shape index (κ2) is 2.70. The van der Waals surface area contributed by atoms with Gasteiger partial charge in [0.05, 0.1) is 0 Å². The summed E-state index contributed by atoms with van der Waals surface area (Å²) in [5, 5.41) is 8.96. The van der Waals surface area contributed by atoms with Crippen LogP contribution < -0.4 is 15.9 Å². The maximum absolute atomic E-state index is 10.8. The lowest BCUT2D eigenvalue weighted by Gasteiger charge is -2.17. The number of nitrogens with zero attached hydrogens (tertiary/aromatic N) is 3. The number of nitrogens with one attached hydrogen (secondary N) is 2. The van der Waals surface area contributed by atoms with E-state index in [1.54, 1.807) is 19.1 Å². The van der Waals surface area contributed by atoms with Crippen LogP contribution in [0.3, 0.4) is 0 Å². The van der Waals surface area contributed by atoms with Crippen LogP contribution in [0.4, 0.5) is 11.6 Å². The quantitative estimate of drug-likeness (QED) is 0.578. The standard InChI is InChI=1S/C6H9N5O2/c1-11-4-3(8-6(11)13-2)7-5(12)10-9-4/h6H,1-2H3,(H2,7,8,10,12). The molecule has 13 heavy (non-hydrogen) atoms. The van der Waals surface area contributed by atoms with Gasteiger partial charge in [-0.25, -0.2) is 9.89 Å². The number of aromatic amines is 1. The Labute approximate surface area is 73.7 Å². The molecule has 0 bridgehead atoms. The number of H-pyrrole nitrogens is 1. The number of rotatable bonds is 1. The van der Waals surface area contributed by atoms with Crippen molar-refractivity contribution in [1.29, 1.82) is 0 Å². The molecule has 1 aromatic heterocycles. The van der Waals surface area contributed by atoms with Crippen LogP contribution in [-0.2, 0) is 4.74 Å². The van der Waals surface area contributed by atoms with Crippen molar-refractivity contribution in [1.82, 2.24) is 15.2 Å². The first-order valence-corrected chi connectivity index (χ1v) is 3.71. The van der Waals surface area contributed by atoms with E-state index in [2.05, 4.69) is 20.5 Å². The molecule has 0 fully saturated rings. The van der Waals surface area contributed by atoms with Crippen molar-refractivity contribution in [3.05, 3.63) is 10.5 Å². The third-order valence-electron chi connectivity index (χ3n) is 1.85. The normalized spacial score (nSPS) is 19.8. The van der Waals surface area contributed by atoms with Crippen LogP contribution in [-0.4, -0.2) is 35.7 Å². The number of fused-ring (bicyclic) bond motifs is 1. The zero-order valence-electron chi connectivity index (χ0n) is 7.24. The monoisotopic (exact) mass is 183 g/mol. The molecule has 2 rings (SSSR count). The molecule has 2 heterocycles. The third kappa shape index (κ3) is 1.13. The first kappa shape index (κ1) is 7.99. The van der Waals surface area contributed by atoms with Crippen LogP contribution in [0, 0.1) is 0 Å². The Hall–Kier alpha value is -1.63. The maximum atomic E-state index is 10.8. The van der Waals surface area contributed by atoms with Gasteiger partial charge in [-0.05, 0) is 0 Å². The second-order valence-corrected chi connectivity index (χ2v) is 2.66.